The molecule has 1 aromatic rings. The standard InChI is InChI=1S/C8H6IN3O2/c9-6-1-5(3-10)7(4-11)8(2-6)12(13)14/h1-2H,3,10H2. The van der Waals surface area contributed by atoms with Gasteiger partial charge in [0.25, 0.3) is 5.69 Å². The molecular formula is C8H6IN3O2. The van der Waals surface area contributed by atoms with E-state index in [0.29, 0.717) is 9.13 Å². The zero-order chi connectivity index (χ0) is 10.7. The van der Waals surface area contributed by atoms with E-state index < -0.39 is 4.92 Å². The number of halogens is 1. The van der Waals surface area contributed by atoms with Crippen LogP contribution in [-0.4, -0.2) is 4.92 Å². The van der Waals surface area contributed by atoms with Crippen molar-refractivity contribution in [1.29, 1.82) is 5.26 Å². The molecule has 0 heterocycles. The fourth-order valence-corrected chi connectivity index (χ4v) is 1.75. The van der Waals surface area contributed by atoms with Crippen molar-refractivity contribution in [2.75, 3.05) is 0 Å². The SMILES string of the molecule is N#Cc1c(CN)cc(I)cc1[N+](=O)[O-]. The minimum absolute atomic E-state index is 0.0536. The second-order valence-corrected chi connectivity index (χ2v) is 3.78. The lowest BCUT2D eigenvalue weighted by atomic mass is 10.1. The first-order chi connectivity index (χ1) is 6.60. The highest BCUT2D eigenvalue weighted by molar-refractivity contribution is 14.1. The third-order valence-electron chi connectivity index (χ3n) is 1.69. The van der Waals surface area contributed by atoms with E-state index in [1.54, 1.807) is 12.1 Å². The van der Waals surface area contributed by atoms with Crippen LogP contribution < -0.4 is 5.73 Å². The maximum absolute atomic E-state index is 10.6. The minimum Gasteiger partial charge on any atom is -0.326 e. The average Bonchev–Trinajstić information content (AvgIpc) is 2.16. The summed E-state index contributed by atoms with van der Waals surface area (Å²) in [5, 5.41) is 19.4. The monoisotopic (exact) mass is 303 g/mol. The van der Waals surface area contributed by atoms with Crippen LogP contribution in [0, 0.1) is 25.0 Å². The number of nitrogens with zero attached hydrogens (tertiary/aromatic N) is 2. The minimum atomic E-state index is -0.570. The van der Waals surface area contributed by atoms with Crippen LogP contribution in [0.15, 0.2) is 12.1 Å². The molecule has 0 bridgehead atoms. The molecule has 0 saturated carbocycles. The average molecular weight is 303 g/mol. The Kier molecular flexibility index (Phi) is 3.38. The molecule has 0 aliphatic rings. The van der Waals surface area contributed by atoms with Gasteiger partial charge >= 0.3 is 0 Å². The van der Waals surface area contributed by atoms with Crippen molar-refractivity contribution in [3.05, 3.63) is 36.9 Å². The third kappa shape index (κ3) is 2.00. The molecule has 0 spiro atoms. The van der Waals surface area contributed by atoms with Gasteiger partial charge in [0, 0.05) is 16.2 Å². The predicted octanol–water partition coefficient (Wildman–Crippen LogP) is 1.53. The Morgan fingerprint density at radius 3 is 2.71 bits per heavy atom. The molecule has 0 unspecified atom stereocenters. The number of rotatable bonds is 2. The van der Waals surface area contributed by atoms with E-state index in [9.17, 15) is 10.1 Å². The second-order valence-electron chi connectivity index (χ2n) is 2.53. The zero-order valence-electron chi connectivity index (χ0n) is 7.03. The molecular weight excluding hydrogens is 297 g/mol. The molecule has 5 nitrogen and oxygen atoms in total. The van der Waals surface area contributed by atoms with Crippen molar-refractivity contribution in [1.82, 2.24) is 0 Å². The first kappa shape index (κ1) is 10.9. The van der Waals surface area contributed by atoms with Gasteiger partial charge in [-0.3, -0.25) is 10.1 Å². The molecule has 2 N–H and O–H groups in total. The van der Waals surface area contributed by atoms with Gasteiger partial charge in [-0.1, -0.05) is 0 Å². The fourth-order valence-electron chi connectivity index (χ4n) is 1.08. The molecule has 14 heavy (non-hydrogen) atoms. The number of nitrogens with two attached hydrogens (primary N) is 1. The van der Waals surface area contributed by atoms with Gasteiger partial charge < -0.3 is 5.73 Å². The lowest BCUT2D eigenvalue weighted by molar-refractivity contribution is -0.385. The van der Waals surface area contributed by atoms with Crippen molar-refractivity contribution < 1.29 is 4.92 Å². The lowest BCUT2D eigenvalue weighted by Crippen LogP contribution is -2.03. The van der Waals surface area contributed by atoms with Crippen LogP contribution in [0.3, 0.4) is 0 Å². The number of benzene rings is 1. The smallest absolute Gasteiger partial charge is 0.288 e. The molecule has 0 fully saturated rings. The molecule has 0 atom stereocenters. The quantitative estimate of drug-likeness (QED) is 0.509. The molecule has 0 amide bonds. The first-order valence-electron chi connectivity index (χ1n) is 3.67. The van der Waals surface area contributed by atoms with E-state index in [1.807, 2.05) is 22.6 Å². The molecule has 72 valence electrons. The summed E-state index contributed by atoms with van der Waals surface area (Å²) in [5.74, 6) is 0. The summed E-state index contributed by atoms with van der Waals surface area (Å²) in [4.78, 5) is 10.0. The summed E-state index contributed by atoms with van der Waals surface area (Å²) in [6.07, 6.45) is 0. The van der Waals surface area contributed by atoms with Crippen LogP contribution in [-0.2, 0) is 6.54 Å². The van der Waals surface area contributed by atoms with Crippen LogP contribution in [0.4, 0.5) is 5.69 Å². The Bertz CT molecular complexity index is 425. The highest BCUT2D eigenvalue weighted by atomic mass is 127. The van der Waals surface area contributed by atoms with E-state index in [4.69, 9.17) is 11.0 Å². The summed E-state index contributed by atoms with van der Waals surface area (Å²) in [5.41, 5.74) is 5.77. The van der Waals surface area contributed by atoms with Crippen molar-refractivity contribution in [2.45, 2.75) is 6.54 Å². The van der Waals surface area contributed by atoms with Crippen molar-refractivity contribution in [3.8, 4) is 6.07 Å². The van der Waals surface area contributed by atoms with Gasteiger partial charge in [0.2, 0.25) is 0 Å². The van der Waals surface area contributed by atoms with E-state index in [1.165, 1.54) is 6.07 Å². The van der Waals surface area contributed by atoms with E-state index in [0.717, 1.165) is 0 Å². The maximum Gasteiger partial charge on any atom is 0.288 e. The molecule has 1 rings (SSSR count). The van der Waals surface area contributed by atoms with E-state index in [2.05, 4.69) is 0 Å². The Balaban J connectivity index is 3.49. The highest BCUT2D eigenvalue weighted by Crippen LogP contribution is 2.24. The summed E-state index contributed by atoms with van der Waals surface area (Å²) in [6.45, 7) is 0.126. The van der Waals surface area contributed by atoms with Crippen LogP contribution in [0.25, 0.3) is 0 Å². The van der Waals surface area contributed by atoms with Crippen molar-refractivity contribution in [2.24, 2.45) is 5.73 Å². The van der Waals surface area contributed by atoms with Crippen LogP contribution in [0.2, 0.25) is 0 Å². The fraction of sp³-hybridized carbons (Fsp3) is 0.125. The lowest BCUT2D eigenvalue weighted by Gasteiger charge is -2.02. The van der Waals surface area contributed by atoms with Gasteiger partial charge in [0.1, 0.15) is 11.6 Å². The number of nitriles is 1. The summed E-state index contributed by atoms with van der Waals surface area (Å²) in [6, 6.07) is 4.83. The molecule has 0 saturated heterocycles. The summed E-state index contributed by atoms with van der Waals surface area (Å²) >= 11 is 1.95. The van der Waals surface area contributed by atoms with E-state index in [-0.39, 0.29) is 17.8 Å². The van der Waals surface area contributed by atoms with Crippen molar-refractivity contribution in [3.63, 3.8) is 0 Å². The summed E-state index contributed by atoms with van der Waals surface area (Å²) < 4.78 is 0.703. The van der Waals surface area contributed by atoms with Gasteiger partial charge in [0.15, 0.2) is 0 Å². The van der Waals surface area contributed by atoms with Crippen LogP contribution in [0.1, 0.15) is 11.1 Å². The Morgan fingerprint density at radius 1 is 1.64 bits per heavy atom. The first-order valence-corrected chi connectivity index (χ1v) is 4.75. The Hall–Kier alpha value is -1.20. The Morgan fingerprint density at radius 2 is 2.29 bits per heavy atom. The number of nitro benzene ring substituents is 1. The van der Waals surface area contributed by atoms with Crippen LogP contribution >= 0.6 is 22.6 Å². The molecule has 0 aliphatic carbocycles. The van der Waals surface area contributed by atoms with Gasteiger partial charge in [-0.25, -0.2) is 0 Å². The van der Waals surface area contributed by atoms with E-state index >= 15 is 0 Å². The molecule has 0 radical (unpaired) electrons. The summed E-state index contributed by atoms with van der Waals surface area (Å²) in [7, 11) is 0. The van der Waals surface area contributed by atoms with Gasteiger partial charge in [-0.15, -0.1) is 0 Å². The second kappa shape index (κ2) is 4.34. The van der Waals surface area contributed by atoms with Gasteiger partial charge in [0.05, 0.1) is 4.92 Å². The van der Waals surface area contributed by atoms with Crippen LogP contribution in [0.5, 0.6) is 0 Å². The number of nitro groups is 1. The van der Waals surface area contributed by atoms with Crippen molar-refractivity contribution >= 4 is 28.3 Å². The zero-order valence-corrected chi connectivity index (χ0v) is 9.19. The molecule has 6 heteroatoms. The highest BCUT2D eigenvalue weighted by Gasteiger charge is 2.17. The predicted molar refractivity (Wildman–Crippen MR) is 58.4 cm³/mol. The third-order valence-corrected chi connectivity index (χ3v) is 2.32. The topological polar surface area (TPSA) is 93.0 Å². The Labute approximate surface area is 93.8 Å². The largest absolute Gasteiger partial charge is 0.326 e. The molecule has 0 aromatic heterocycles. The van der Waals surface area contributed by atoms with Gasteiger partial charge in [-0.2, -0.15) is 5.26 Å². The number of hydrogen-bond acceptors (Lipinski definition) is 4. The normalized spacial score (nSPS) is 9.50. The van der Waals surface area contributed by atoms with Gasteiger partial charge in [-0.05, 0) is 34.2 Å². The molecule has 0 aliphatic heterocycles. The maximum atomic E-state index is 10.6. The molecule has 1 aromatic carbocycles. The number of hydrogen-bond donors (Lipinski definition) is 1.